The molecular weight excluding hydrogens is 294 g/mol. The molecule has 0 saturated heterocycles. The Labute approximate surface area is 133 Å². The minimum Gasteiger partial charge on any atom is -0.496 e. The minimum absolute atomic E-state index is 0.208. The lowest BCUT2D eigenvalue weighted by molar-refractivity contribution is 0.0697. The highest BCUT2D eigenvalue weighted by molar-refractivity contribution is 5.88. The Morgan fingerprint density at radius 1 is 1.22 bits per heavy atom. The number of carboxylic acids is 1. The predicted octanol–water partition coefficient (Wildman–Crippen LogP) is 2.95. The van der Waals surface area contributed by atoms with Crippen LogP contribution in [-0.2, 0) is 0 Å². The number of aromatic carboxylic acids is 1. The van der Waals surface area contributed by atoms with Gasteiger partial charge in [0.05, 0.1) is 24.6 Å². The van der Waals surface area contributed by atoms with Gasteiger partial charge in [0.25, 0.3) is 0 Å². The number of methoxy groups -OCH3 is 1. The van der Waals surface area contributed by atoms with Gasteiger partial charge in [-0.25, -0.2) is 9.48 Å². The first-order valence-corrected chi connectivity index (χ1v) is 6.99. The van der Waals surface area contributed by atoms with Gasteiger partial charge in [0, 0.05) is 5.56 Å². The van der Waals surface area contributed by atoms with E-state index in [2.05, 4.69) is 10.3 Å². The lowest BCUT2D eigenvalue weighted by Crippen LogP contribution is -2.00. The number of hydrogen-bond donors (Lipinski definition) is 1. The number of nitrogens with zero attached hydrogens (tertiary/aromatic N) is 3. The van der Waals surface area contributed by atoms with E-state index in [1.807, 2.05) is 25.1 Å². The number of aryl methyl sites for hydroxylation is 1. The van der Waals surface area contributed by atoms with E-state index in [0.717, 1.165) is 16.9 Å². The molecule has 0 saturated carbocycles. The van der Waals surface area contributed by atoms with Crippen molar-refractivity contribution in [3.63, 3.8) is 0 Å². The molecule has 0 spiro atoms. The molecule has 3 rings (SSSR count). The van der Waals surface area contributed by atoms with Gasteiger partial charge in [-0.1, -0.05) is 11.3 Å². The third kappa shape index (κ3) is 2.91. The highest BCUT2D eigenvalue weighted by Crippen LogP contribution is 2.25. The second-order valence-electron chi connectivity index (χ2n) is 5.09. The highest BCUT2D eigenvalue weighted by atomic mass is 16.5. The van der Waals surface area contributed by atoms with Crippen LogP contribution in [0, 0.1) is 6.92 Å². The van der Waals surface area contributed by atoms with E-state index >= 15 is 0 Å². The molecular formula is C17H15N3O3. The summed E-state index contributed by atoms with van der Waals surface area (Å²) < 4.78 is 6.81. The fourth-order valence-corrected chi connectivity index (χ4v) is 2.34. The first-order chi connectivity index (χ1) is 11.1. The molecule has 0 amide bonds. The van der Waals surface area contributed by atoms with Crippen molar-refractivity contribution in [2.24, 2.45) is 0 Å². The van der Waals surface area contributed by atoms with E-state index in [-0.39, 0.29) is 5.56 Å². The third-order valence-corrected chi connectivity index (χ3v) is 3.54. The molecule has 0 aliphatic heterocycles. The fourth-order valence-electron chi connectivity index (χ4n) is 2.34. The number of ether oxygens (including phenoxy) is 1. The van der Waals surface area contributed by atoms with Crippen LogP contribution >= 0.6 is 0 Å². The maximum absolute atomic E-state index is 11.1. The Bertz CT molecular complexity index is 871. The van der Waals surface area contributed by atoms with Crippen molar-refractivity contribution in [2.75, 3.05) is 7.11 Å². The molecule has 0 bridgehead atoms. The summed E-state index contributed by atoms with van der Waals surface area (Å²) in [6.07, 6.45) is 1.77. The van der Waals surface area contributed by atoms with Gasteiger partial charge in [0.15, 0.2) is 0 Å². The van der Waals surface area contributed by atoms with Gasteiger partial charge in [-0.2, -0.15) is 0 Å². The molecule has 1 N–H and O–H groups in total. The largest absolute Gasteiger partial charge is 0.496 e. The van der Waals surface area contributed by atoms with Crippen molar-refractivity contribution >= 4 is 5.97 Å². The minimum atomic E-state index is -0.974. The molecule has 2 aromatic carbocycles. The van der Waals surface area contributed by atoms with E-state index in [9.17, 15) is 4.79 Å². The number of carbonyl (C=O) groups is 1. The van der Waals surface area contributed by atoms with Gasteiger partial charge in [-0.05, 0) is 48.9 Å². The first-order valence-electron chi connectivity index (χ1n) is 6.99. The second kappa shape index (κ2) is 5.92. The molecule has 23 heavy (non-hydrogen) atoms. The van der Waals surface area contributed by atoms with Gasteiger partial charge in [-0.15, -0.1) is 5.10 Å². The molecule has 0 aliphatic rings. The topological polar surface area (TPSA) is 77.2 Å². The highest BCUT2D eigenvalue weighted by Gasteiger charge is 2.09. The normalized spacial score (nSPS) is 10.5. The Hall–Kier alpha value is -3.15. The summed E-state index contributed by atoms with van der Waals surface area (Å²) in [5, 5.41) is 17.3. The molecule has 0 fully saturated rings. The van der Waals surface area contributed by atoms with Crippen molar-refractivity contribution in [3.8, 4) is 22.7 Å². The van der Waals surface area contributed by atoms with Crippen LogP contribution in [0.5, 0.6) is 5.75 Å². The molecule has 0 atom stereocenters. The number of rotatable bonds is 4. The Morgan fingerprint density at radius 2 is 2.04 bits per heavy atom. The summed E-state index contributed by atoms with van der Waals surface area (Å²) in [7, 11) is 1.63. The average molecular weight is 309 g/mol. The molecule has 3 aromatic rings. The van der Waals surface area contributed by atoms with E-state index < -0.39 is 5.97 Å². The van der Waals surface area contributed by atoms with Crippen molar-refractivity contribution in [2.45, 2.75) is 6.92 Å². The smallest absolute Gasteiger partial charge is 0.335 e. The molecule has 6 nitrogen and oxygen atoms in total. The third-order valence-electron chi connectivity index (χ3n) is 3.54. The fraction of sp³-hybridized carbons (Fsp3) is 0.118. The Balaban J connectivity index is 1.96. The van der Waals surface area contributed by atoms with Gasteiger partial charge >= 0.3 is 5.97 Å². The maximum atomic E-state index is 11.1. The standard InChI is InChI=1S/C17H15N3O3/c1-11-8-12(6-7-16(11)23-2)15-10-20(19-18-15)14-5-3-4-13(9-14)17(21)22/h3-10H,1-2H3,(H,21,22). The SMILES string of the molecule is COc1ccc(-c2cn(-c3cccc(C(=O)O)c3)nn2)cc1C. The molecule has 0 aliphatic carbocycles. The van der Waals surface area contributed by atoms with E-state index in [4.69, 9.17) is 9.84 Å². The molecule has 1 aromatic heterocycles. The predicted molar refractivity (Wildman–Crippen MR) is 85.0 cm³/mol. The summed E-state index contributed by atoms with van der Waals surface area (Å²) in [5.74, 6) is -0.159. The van der Waals surface area contributed by atoms with Gasteiger partial charge in [0.1, 0.15) is 11.4 Å². The van der Waals surface area contributed by atoms with Crippen LogP contribution in [0.2, 0.25) is 0 Å². The van der Waals surface area contributed by atoms with Crippen LogP contribution in [0.1, 0.15) is 15.9 Å². The summed E-state index contributed by atoms with van der Waals surface area (Å²) in [6.45, 7) is 1.96. The summed E-state index contributed by atoms with van der Waals surface area (Å²) in [4.78, 5) is 11.1. The van der Waals surface area contributed by atoms with E-state index in [1.54, 1.807) is 36.2 Å². The van der Waals surface area contributed by atoms with Crippen LogP contribution in [0.3, 0.4) is 0 Å². The molecule has 116 valence electrons. The van der Waals surface area contributed by atoms with Crippen LogP contribution < -0.4 is 4.74 Å². The zero-order chi connectivity index (χ0) is 16.4. The quantitative estimate of drug-likeness (QED) is 0.801. The number of hydrogen-bond acceptors (Lipinski definition) is 4. The summed E-state index contributed by atoms with van der Waals surface area (Å²) in [5.41, 5.74) is 3.49. The van der Waals surface area contributed by atoms with Crippen molar-refractivity contribution in [1.82, 2.24) is 15.0 Å². The maximum Gasteiger partial charge on any atom is 0.335 e. The molecule has 0 unspecified atom stereocenters. The molecule has 0 radical (unpaired) electrons. The van der Waals surface area contributed by atoms with E-state index in [0.29, 0.717) is 11.4 Å². The summed E-state index contributed by atoms with van der Waals surface area (Å²) >= 11 is 0. The zero-order valence-corrected chi connectivity index (χ0v) is 12.7. The van der Waals surface area contributed by atoms with Gasteiger partial charge in [-0.3, -0.25) is 0 Å². The Morgan fingerprint density at radius 3 is 2.74 bits per heavy atom. The van der Waals surface area contributed by atoms with Crippen molar-refractivity contribution < 1.29 is 14.6 Å². The molecule has 1 heterocycles. The first kappa shape index (κ1) is 14.8. The Kier molecular flexibility index (Phi) is 3.80. The summed E-state index contributed by atoms with van der Waals surface area (Å²) in [6, 6.07) is 12.3. The average Bonchev–Trinajstić information content (AvgIpc) is 3.05. The van der Waals surface area contributed by atoms with Crippen molar-refractivity contribution in [1.29, 1.82) is 0 Å². The molecule has 6 heteroatoms. The lowest BCUT2D eigenvalue weighted by Gasteiger charge is -2.05. The lowest BCUT2D eigenvalue weighted by atomic mass is 10.1. The van der Waals surface area contributed by atoms with Gasteiger partial charge < -0.3 is 9.84 Å². The van der Waals surface area contributed by atoms with Crippen molar-refractivity contribution in [3.05, 3.63) is 59.8 Å². The number of aromatic nitrogens is 3. The van der Waals surface area contributed by atoms with Crippen LogP contribution in [-0.4, -0.2) is 33.2 Å². The zero-order valence-electron chi connectivity index (χ0n) is 12.7. The second-order valence-corrected chi connectivity index (χ2v) is 5.09. The van der Waals surface area contributed by atoms with Crippen LogP contribution in [0.4, 0.5) is 0 Å². The van der Waals surface area contributed by atoms with E-state index in [1.165, 1.54) is 6.07 Å². The van der Waals surface area contributed by atoms with Gasteiger partial charge in [0.2, 0.25) is 0 Å². The monoisotopic (exact) mass is 309 g/mol. The number of benzene rings is 2. The van der Waals surface area contributed by atoms with Crippen LogP contribution in [0.25, 0.3) is 16.9 Å². The van der Waals surface area contributed by atoms with Crippen LogP contribution in [0.15, 0.2) is 48.7 Å². The number of carboxylic acid groups (broad SMARTS) is 1.